The molecule has 0 saturated carbocycles. The Hall–Kier alpha value is -1.82. The average Bonchev–Trinajstić information content (AvgIpc) is 2.55. The molecule has 0 aliphatic carbocycles. The number of amides is 1. The van der Waals surface area contributed by atoms with E-state index in [0.717, 1.165) is 19.6 Å². The fourth-order valence-electron chi connectivity index (χ4n) is 3.24. The van der Waals surface area contributed by atoms with E-state index in [1.165, 1.54) is 27.1 Å². The van der Waals surface area contributed by atoms with Gasteiger partial charge in [0.25, 0.3) is 5.91 Å². The Balaban J connectivity index is 1.73. The molecule has 3 aliphatic rings. The highest BCUT2D eigenvalue weighted by Gasteiger charge is 2.35. The lowest BCUT2D eigenvalue weighted by Crippen LogP contribution is -2.57. The summed E-state index contributed by atoms with van der Waals surface area (Å²) in [6, 6.07) is 3.60. The second-order valence-electron chi connectivity index (χ2n) is 5.63. The van der Waals surface area contributed by atoms with E-state index in [1.54, 1.807) is 12.1 Å². The number of aromatic nitrogens is 1. The zero-order chi connectivity index (χ0) is 14.8. The number of fused-ring (bicyclic) bond motifs is 3. The molecule has 3 saturated heterocycles. The van der Waals surface area contributed by atoms with Gasteiger partial charge >= 0.3 is 0 Å². The fraction of sp³-hybridized carbons (Fsp3) is 0.600. The molecule has 114 valence electrons. The van der Waals surface area contributed by atoms with Gasteiger partial charge in [0, 0.05) is 18.7 Å². The first-order valence-electron chi connectivity index (χ1n) is 7.33. The summed E-state index contributed by atoms with van der Waals surface area (Å²) in [7, 11) is 3.04. The molecule has 1 aromatic heterocycles. The summed E-state index contributed by atoms with van der Waals surface area (Å²) in [6.07, 6.45) is 2.34. The van der Waals surface area contributed by atoms with Crippen LogP contribution >= 0.6 is 0 Å². The number of carbonyl (C=O) groups is 1. The molecule has 1 N–H and O–H groups in total. The number of ether oxygens (including phenoxy) is 2. The summed E-state index contributed by atoms with van der Waals surface area (Å²) >= 11 is 0. The topological polar surface area (TPSA) is 63.7 Å². The van der Waals surface area contributed by atoms with Crippen molar-refractivity contribution in [2.24, 2.45) is 5.92 Å². The monoisotopic (exact) mass is 291 g/mol. The van der Waals surface area contributed by atoms with Gasteiger partial charge in [0.15, 0.2) is 0 Å². The molecule has 1 aromatic rings. The zero-order valence-corrected chi connectivity index (χ0v) is 12.5. The van der Waals surface area contributed by atoms with Crippen LogP contribution in [0.15, 0.2) is 12.1 Å². The number of hydrogen-bond donors (Lipinski definition) is 1. The van der Waals surface area contributed by atoms with Crippen molar-refractivity contribution in [3.63, 3.8) is 0 Å². The number of pyridine rings is 1. The van der Waals surface area contributed by atoms with Crippen LogP contribution in [0.4, 0.5) is 0 Å². The van der Waals surface area contributed by atoms with E-state index < -0.39 is 0 Å². The molecule has 0 aromatic carbocycles. The van der Waals surface area contributed by atoms with Gasteiger partial charge in [-0.05, 0) is 37.9 Å². The van der Waals surface area contributed by atoms with Gasteiger partial charge < -0.3 is 19.7 Å². The van der Waals surface area contributed by atoms with Crippen LogP contribution in [0.2, 0.25) is 0 Å². The molecule has 3 fully saturated rings. The zero-order valence-electron chi connectivity index (χ0n) is 12.5. The van der Waals surface area contributed by atoms with Crippen LogP contribution in [-0.2, 0) is 0 Å². The average molecular weight is 291 g/mol. The van der Waals surface area contributed by atoms with Gasteiger partial charge in [0.1, 0.15) is 5.56 Å². The Morgan fingerprint density at radius 2 is 2.05 bits per heavy atom. The molecule has 1 atom stereocenters. The van der Waals surface area contributed by atoms with Crippen LogP contribution in [0.5, 0.6) is 11.8 Å². The van der Waals surface area contributed by atoms with Crippen LogP contribution in [0.3, 0.4) is 0 Å². The smallest absolute Gasteiger partial charge is 0.257 e. The number of piperidine rings is 3. The van der Waals surface area contributed by atoms with E-state index in [4.69, 9.17) is 9.47 Å². The molecule has 1 unspecified atom stereocenters. The number of rotatable bonds is 4. The highest BCUT2D eigenvalue weighted by molar-refractivity contribution is 5.96. The minimum atomic E-state index is -0.124. The molecule has 0 radical (unpaired) electrons. The summed E-state index contributed by atoms with van der Waals surface area (Å²) in [5, 5.41) is 3.14. The first-order valence-corrected chi connectivity index (χ1v) is 7.33. The summed E-state index contributed by atoms with van der Waals surface area (Å²) in [5.41, 5.74) is 0.453. The SMILES string of the molecule is COc1ccc(C(=O)NC2CN3CCC2CC3)c(OC)n1. The fourth-order valence-corrected chi connectivity index (χ4v) is 3.24. The predicted molar refractivity (Wildman–Crippen MR) is 77.8 cm³/mol. The van der Waals surface area contributed by atoms with Gasteiger partial charge in [-0.1, -0.05) is 0 Å². The molecule has 21 heavy (non-hydrogen) atoms. The third-order valence-corrected chi connectivity index (χ3v) is 4.45. The Kier molecular flexibility index (Phi) is 3.96. The highest BCUT2D eigenvalue weighted by atomic mass is 16.5. The van der Waals surface area contributed by atoms with Gasteiger partial charge in [0.05, 0.1) is 14.2 Å². The predicted octanol–water partition coefficient (Wildman–Crippen LogP) is 0.923. The van der Waals surface area contributed by atoms with Crippen molar-refractivity contribution < 1.29 is 14.3 Å². The van der Waals surface area contributed by atoms with E-state index >= 15 is 0 Å². The van der Waals surface area contributed by atoms with Crippen LogP contribution < -0.4 is 14.8 Å². The second-order valence-corrected chi connectivity index (χ2v) is 5.63. The summed E-state index contributed by atoms with van der Waals surface area (Å²) in [6.45, 7) is 3.26. The van der Waals surface area contributed by atoms with Gasteiger partial charge in [-0.15, -0.1) is 0 Å². The molecular weight excluding hydrogens is 270 g/mol. The number of carbonyl (C=O) groups excluding carboxylic acids is 1. The Morgan fingerprint density at radius 1 is 1.29 bits per heavy atom. The maximum absolute atomic E-state index is 12.5. The number of methoxy groups -OCH3 is 2. The maximum atomic E-state index is 12.5. The van der Waals surface area contributed by atoms with Crippen molar-refractivity contribution in [2.75, 3.05) is 33.9 Å². The molecule has 4 heterocycles. The van der Waals surface area contributed by atoms with Crippen LogP contribution in [-0.4, -0.2) is 55.7 Å². The lowest BCUT2D eigenvalue weighted by molar-refractivity contribution is 0.0618. The molecule has 2 bridgehead atoms. The van der Waals surface area contributed by atoms with E-state index in [-0.39, 0.29) is 11.9 Å². The van der Waals surface area contributed by atoms with Crippen molar-refractivity contribution >= 4 is 5.91 Å². The third kappa shape index (κ3) is 2.81. The van der Waals surface area contributed by atoms with Gasteiger partial charge in [0.2, 0.25) is 11.8 Å². The third-order valence-electron chi connectivity index (χ3n) is 4.45. The quantitative estimate of drug-likeness (QED) is 0.894. The van der Waals surface area contributed by atoms with Crippen molar-refractivity contribution in [3.8, 4) is 11.8 Å². The molecule has 1 amide bonds. The van der Waals surface area contributed by atoms with E-state index in [9.17, 15) is 4.79 Å². The molecule has 6 nitrogen and oxygen atoms in total. The number of nitrogens with one attached hydrogen (secondary N) is 1. The van der Waals surface area contributed by atoms with Crippen molar-refractivity contribution in [1.29, 1.82) is 0 Å². The summed E-state index contributed by atoms with van der Waals surface area (Å²) < 4.78 is 10.2. The van der Waals surface area contributed by atoms with E-state index in [2.05, 4.69) is 15.2 Å². The maximum Gasteiger partial charge on any atom is 0.257 e. The molecule has 4 rings (SSSR count). The lowest BCUT2D eigenvalue weighted by atomic mass is 9.84. The second kappa shape index (κ2) is 5.89. The minimum absolute atomic E-state index is 0.124. The van der Waals surface area contributed by atoms with Gasteiger partial charge in [-0.3, -0.25) is 4.79 Å². The Bertz CT molecular complexity index is 527. The number of nitrogens with zero attached hydrogens (tertiary/aromatic N) is 2. The van der Waals surface area contributed by atoms with Gasteiger partial charge in [-0.2, -0.15) is 4.98 Å². The standard InChI is InChI=1S/C15H21N3O3/c1-20-13-4-3-11(15(17-13)21-2)14(19)16-12-9-18-7-5-10(12)6-8-18/h3-4,10,12H,5-9H2,1-2H3,(H,16,19). The van der Waals surface area contributed by atoms with Crippen molar-refractivity contribution in [3.05, 3.63) is 17.7 Å². The Morgan fingerprint density at radius 3 is 2.62 bits per heavy atom. The molecule has 6 heteroatoms. The van der Waals surface area contributed by atoms with Gasteiger partial charge in [-0.25, -0.2) is 0 Å². The van der Waals surface area contributed by atoms with Crippen molar-refractivity contribution in [2.45, 2.75) is 18.9 Å². The molecule has 3 aliphatic heterocycles. The van der Waals surface area contributed by atoms with E-state index in [0.29, 0.717) is 23.2 Å². The van der Waals surface area contributed by atoms with Crippen LogP contribution in [0.1, 0.15) is 23.2 Å². The summed E-state index contributed by atoms with van der Waals surface area (Å²) in [4.78, 5) is 19.0. The Labute approximate surface area is 124 Å². The summed E-state index contributed by atoms with van der Waals surface area (Å²) in [5.74, 6) is 1.20. The molecular formula is C15H21N3O3. The number of hydrogen-bond acceptors (Lipinski definition) is 5. The highest BCUT2D eigenvalue weighted by Crippen LogP contribution is 2.28. The van der Waals surface area contributed by atoms with Crippen LogP contribution in [0, 0.1) is 5.92 Å². The first-order chi connectivity index (χ1) is 10.2. The largest absolute Gasteiger partial charge is 0.481 e. The minimum Gasteiger partial charge on any atom is -0.481 e. The lowest BCUT2D eigenvalue weighted by Gasteiger charge is -2.44. The van der Waals surface area contributed by atoms with Crippen LogP contribution in [0.25, 0.3) is 0 Å². The molecule has 0 spiro atoms. The van der Waals surface area contributed by atoms with E-state index in [1.807, 2.05) is 0 Å². The first kappa shape index (κ1) is 14.1. The van der Waals surface area contributed by atoms with Crippen molar-refractivity contribution in [1.82, 2.24) is 15.2 Å². The normalized spacial score (nSPS) is 27.2.